The normalized spacial score (nSPS) is 10.7. The topological polar surface area (TPSA) is 78.0 Å². The summed E-state index contributed by atoms with van der Waals surface area (Å²) < 4.78 is 15.9. The van der Waals surface area contributed by atoms with Crippen molar-refractivity contribution < 1.29 is 23.8 Å². The van der Waals surface area contributed by atoms with Crippen molar-refractivity contribution in [1.29, 1.82) is 0 Å². The van der Waals surface area contributed by atoms with E-state index in [0.29, 0.717) is 28.6 Å². The van der Waals surface area contributed by atoms with Crippen molar-refractivity contribution in [3.8, 4) is 11.5 Å². The molecule has 0 aliphatic carbocycles. The van der Waals surface area contributed by atoms with E-state index in [1.54, 1.807) is 24.0 Å². The predicted molar refractivity (Wildman–Crippen MR) is 137 cm³/mol. The van der Waals surface area contributed by atoms with Gasteiger partial charge in [0.05, 0.1) is 27.4 Å². The lowest BCUT2D eigenvalue weighted by Crippen LogP contribution is -2.32. The van der Waals surface area contributed by atoms with Crippen LogP contribution in [0.4, 0.5) is 0 Å². The zero-order valence-electron chi connectivity index (χ0n) is 19.7. The molecule has 0 aliphatic heterocycles. The second kappa shape index (κ2) is 12.8. The summed E-state index contributed by atoms with van der Waals surface area (Å²) in [5, 5.41) is 0.812. The summed E-state index contributed by atoms with van der Waals surface area (Å²) in [7, 11) is 2.95. The maximum Gasteiger partial charge on any atom is 0.359 e. The summed E-state index contributed by atoms with van der Waals surface area (Å²) in [5.74, 6) is -0.176. The lowest BCUT2D eigenvalue weighted by Gasteiger charge is -2.23. The molecule has 1 amide bonds. The third-order valence-corrected chi connectivity index (χ3v) is 6.75. The van der Waals surface area contributed by atoms with Gasteiger partial charge in [0, 0.05) is 12.1 Å². The average Bonchev–Trinajstić information content (AvgIpc) is 3.24. The second-order valence-electron chi connectivity index (χ2n) is 7.46. The first-order valence-corrected chi connectivity index (χ1v) is 12.5. The number of benzene rings is 2. The lowest BCUT2D eigenvalue weighted by molar-refractivity contribution is 0.0520. The van der Waals surface area contributed by atoms with Gasteiger partial charge in [-0.2, -0.15) is 0 Å². The van der Waals surface area contributed by atoms with Crippen LogP contribution >= 0.6 is 34.5 Å². The van der Waals surface area contributed by atoms with Gasteiger partial charge in [0.1, 0.15) is 25.9 Å². The molecule has 10 heteroatoms. The third kappa shape index (κ3) is 6.87. The minimum atomic E-state index is -0.589. The third-order valence-electron chi connectivity index (χ3n) is 5.14. The van der Waals surface area contributed by atoms with Crippen LogP contribution in [0.25, 0.3) is 0 Å². The number of aromatic nitrogens is 1. The predicted octanol–water partition coefficient (Wildman–Crippen LogP) is 5.92. The van der Waals surface area contributed by atoms with E-state index in [1.165, 1.54) is 19.8 Å². The summed E-state index contributed by atoms with van der Waals surface area (Å²) in [5.41, 5.74) is 1.59. The smallest absolute Gasteiger partial charge is 0.359 e. The molecule has 0 atom stereocenters. The van der Waals surface area contributed by atoms with Gasteiger partial charge in [-0.05, 0) is 37.5 Å². The highest BCUT2D eigenvalue weighted by Gasteiger charge is 2.24. The van der Waals surface area contributed by atoms with Crippen LogP contribution in [0.1, 0.15) is 44.8 Å². The van der Waals surface area contributed by atoms with Crippen LogP contribution in [0, 0.1) is 0 Å². The Morgan fingerprint density at radius 2 is 1.71 bits per heavy atom. The van der Waals surface area contributed by atoms with Crippen molar-refractivity contribution in [2.24, 2.45) is 0 Å². The zero-order chi connectivity index (χ0) is 25.4. The summed E-state index contributed by atoms with van der Waals surface area (Å²) >= 11 is 13.7. The van der Waals surface area contributed by atoms with Crippen LogP contribution in [-0.4, -0.2) is 49.1 Å². The SMILES string of the molecule is CCOC(=O)c1nc(CN(CCCc2ccccc2)C(=O)c2cc(OC)c(Cl)c(OC)c2)sc1Cl. The van der Waals surface area contributed by atoms with E-state index >= 15 is 0 Å². The van der Waals surface area contributed by atoms with Crippen molar-refractivity contribution in [2.45, 2.75) is 26.3 Å². The number of aryl methyl sites for hydroxylation is 1. The molecule has 186 valence electrons. The van der Waals surface area contributed by atoms with Gasteiger partial charge in [0.2, 0.25) is 0 Å². The fourth-order valence-electron chi connectivity index (χ4n) is 3.45. The molecule has 1 heterocycles. The van der Waals surface area contributed by atoms with Gasteiger partial charge < -0.3 is 19.1 Å². The molecule has 1 aromatic heterocycles. The number of esters is 1. The molecular formula is C25H26Cl2N2O5S. The molecule has 0 saturated carbocycles. The first kappa shape index (κ1) is 26.8. The maximum absolute atomic E-state index is 13.6. The number of ether oxygens (including phenoxy) is 3. The summed E-state index contributed by atoms with van der Waals surface area (Å²) in [6.07, 6.45) is 1.52. The fourth-order valence-corrected chi connectivity index (χ4v) is 4.89. The molecule has 0 aliphatic rings. The van der Waals surface area contributed by atoms with Gasteiger partial charge in [0.25, 0.3) is 5.91 Å². The first-order valence-electron chi connectivity index (χ1n) is 10.9. The first-order chi connectivity index (χ1) is 16.9. The van der Waals surface area contributed by atoms with E-state index in [-0.39, 0.29) is 34.1 Å². The van der Waals surface area contributed by atoms with Crippen molar-refractivity contribution in [3.63, 3.8) is 0 Å². The zero-order valence-corrected chi connectivity index (χ0v) is 22.0. The van der Waals surface area contributed by atoms with E-state index in [2.05, 4.69) is 4.98 Å². The van der Waals surface area contributed by atoms with E-state index in [0.717, 1.165) is 24.2 Å². The van der Waals surface area contributed by atoms with Crippen molar-refractivity contribution in [3.05, 3.63) is 73.7 Å². The number of carbonyl (C=O) groups excluding carboxylic acids is 2. The summed E-state index contributed by atoms with van der Waals surface area (Å²) in [4.78, 5) is 31.7. The maximum atomic E-state index is 13.6. The summed E-state index contributed by atoms with van der Waals surface area (Å²) in [6.45, 7) is 2.55. The van der Waals surface area contributed by atoms with Gasteiger partial charge in [-0.15, -0.1) is 11.3 Å². The van der Waals surface area contributed by atoms with Crippen LogP contribution in [0.3, 0.4) is 0 Å². The number of nitrogens with zero attached hydrogens (tertiary/aromatic N) is 2. The Balaban J connectivity index is 1.87. The molecule has 0 N–H and O–H groups in total. The largest absolute Gasteiger partial charge is 0.495 e. The van der Waals surface area contributed by atoms with Crippen molar-refractivity contribution in [2.75, 3.05) is 27.4 Å². The lowest BCUT2D eigenvalue weighted by atomic mass is 10.1. The Kier molecular flexibility index (Phi) is 9.77. The Bertz CT molecular complexity index is 1140. The van der Waals surface area contributed by atoms with E-state index in [1.807, 2.05) is 30.3 Å². The number of hydrogen-bond acceptors (Lipinski definition) is 7. The van der Waals surface area contributed by atoms with Gasteiger partial charge in [-0.25, -0.2) is 9.78 Å². The van der Waals surface area contributed by atoms with Gasteiger partial charge in [-0.3, -0.25) is 4.79 Å². The minimum Gasteiger partial charge on any atom is -0.495 e. The number of hydrogen-bond donors (Lipinski definition) is 0. The van der Waals surface area contributed by atoms with Crippen LogP contribution in [-0.2, 0) is 17.7 Å². The van der Waals surface area contributed by atoms with Gasteiger partial charge in [0.15, 0.2) is 5.69 Å². The molecule has 35 heavy (non-hydrogen) atoms. The molecule has 0 radical (unpaired) electrons. The molecule has 3 aromatic rings. The van der Waals surface area contributed by atoms with Gasteiger partial charge in [-0.1, -0.05) is 53.5 Å². The van der Waals surface area contributed by atoms with Crippen LogP contribution in [0.2, 0.25) is 9.36 Å². The van der Waals surface area contributed by atoms with E-state index in [4.69, 9.17) is 37.4 Å². The number of halogens is 2. The molecule has 3 rings (SSSR count). The fraction of sp³-hybridized carbons (Fsp3) is 0.320. The Morgan fingerprint density at radius 1 is 1.06 bits per heavy atom. The molecule has 7 nitrogen and oxygen atoms in total. The highest BCUT2D eigenvalue weighted by atomic mass is 35.5. The summed E-state index contributed by atoms with van der Waals surface area (Å²) in [6, 6.07) is 13.2. The van der Waals surface area contributed by atoms with Gasteiger partial charge >= 0.3 is 5.97 Å². The molecule has 0 spiro atoms. The number of methoxy groups -OCH3 is 2. The van der Waals surface area contributed by atoms with Crippen molar-refractivity contribution in [1.82, 2.24) is 9.88 Å². The minimum absolute atomic E-state index is 0.0556. The molecule has 0 saturated heterocycles. The molecule has 0 unspecified atom stereocenters. The molecular weight excluding hydrogens is 511 g/mol. The highest BCUT2D eigenvalue weighted by Crippen LogP contribution is 2.36. The standard InChI is InChI=1S/C25H26Cl2N2O5S/c1-4-34-25(31)22-23(27)35-20(28-22)15-29(12-8-11-16-9-6-5-7-10-16)24(30)17-13-18(32-2)21(26)19(14-17)33-3/h5-7,9-10,13-14H,4,8,11-12,15H2,1-3H3. The number of thiazole rings is 1. The monoisotopic (exact) mass is 536 g/mol. The highest BCUT2D eigenvalue weighted by molar-refractivity contribution is 7.16. The number of carbonyl (C=O) groups is 2. The molecule has 0 bridgehead atoms. The van der Waals surface area contributed by atoms with Crippen LogP contribution in [0.5, 0.6) is 11.5 Å². The molecule has 2 aromatic carbocycles. The second-order valence-corrected chi connectivity index (χ2v) is 9.52. The molecule has 0 fully saturated rings. The quantitative estimate of drug-likeness (QED) is 0.283. The average molecular weight is 537 g/mol. The Hall–Kier alpha value is -2.81. The Labute approximate surface area is 218 Å². The van der Waals surface area contributed by atoms with Crippen LogP contribution in [0.15, 0.2) is 42.5 Å². The van der Waals surface area contributed by atoms with Crippen LogP contribution < -0.4 is 9.47 Å². The number of amides is 1. The van der Waals surface area contributed by atoms with Crippen molar-refractivity contribution >= 4 is 46.4 Å². The Morgan fingerprint density at radius 3 is 2.31 bits per heavy atom. The number of rotatable bonds is 11. The van der Waals surface area contributed by atoms with E-state index < -0.39 is 5.97 Å². The van der Waals surface area contributed by atoms with E-state index in [9.17, 15) is 9.59 Å².